The quantitative estimate of drug-likeness (QED) is 0.101. The number of fused-ring (bicyclic) bond motifs is 2. The van der Waals surface area contributed by atoms with Crippen molar-refractivity contribution in [2.45, 2.75) is 26.7 Å². The van der Waals surface area contributed by atoms with Gasteiger partial charge in [-0.1, -0.05) is 62.4 Å². The van der Waals surface area contributed by atoms with Gasteiger partial charge in [-0.25, -0.2) is 0 Å². The van der Waals surface area contributed by atoms with Gasteiger partial charge < -0.3 is 18.2 Å². The van der Waals surface area contributed by atoms with Gasteiger partial charge in [-0.15, -0.1) is 20.5 Å². The minimum absolute atomic E-state index is 0. The summed E-state index contributed by atoms with van der Waals surface area (Å²) >= 11 is 0. The van der Waals surface area contributed by atoms with Crippen LogP contribution in [-0.2, 0) is 42.6 Å². The van der Waals surface area contributed by atoms with Crippen molar-refractivity contribution in [2.24, 2.45) is 20.5 Å². The Morgan fingerprint density at radius 1 is 0.596 bits per heavy atom. The average molecular weight is 938 g/mol. The third-order valence-corrected chi connectivity index (χ3v) is 10.00. The molecule has 288 valence electrons. The third-order valence-electron chi connectivity index (χ3n) is 8.30. The smallest absolute Gasteiger partial charge is 0.757 e. The van der Waals surface area contributed by atoms with Crippen molar-refractivity contribution in [1.29, 1.82) is 0 Å². The fourth-order valence-electron chi connectivity index (χ4n) is 5.52. The molecule has 0 radical (unpaired) electrons. The van der Waals surface area contributed by atoms with E-state index in [9.17, 15) is 47.3 Å². The van der Waals surface area contributed by atoms with Crippen LogP contribution in [0.5, 0.6) is 0 Å². The maximum atomic E-state index is 12.3. The van der Waals surface area contributed by atoms with Crippen LogP contribution in [0, 0.1) is 20.2 Å². The predicted octanol–water partition coefficient (Wildman–Crippen LogP) is 6.00. The van der Waals surface area contributed by atoms with Gasteiger partial charge in [0.25, 0.3) is 11.4 Å². The molecule has 0 saturated heterocycles. The van der Waals surface area contributed by atoms with Crippen LogP contribution in [0.4, 0.5) is 22.7 Å². The van der Waals surface area contributed by atoms with E-state index in [0.29, 0.717) is 46.3 Å². The first-order valence-electron chi connectivity index (χ1n) is 16.2. The number of carbonyl (C=O) groups is 2. The van der Waals surface area contributed by atoms with Crippen LogP contribution in [0.3, 0.4) is 0 Å². The molecular weight excluding hydrogens is 910 g/mol. The summed E-state index contributed by atoms with van der Waals surface area (Å²) in [5.74, 6) is -0.958. The zero-order valence-corrected chi connectivity index (χ0v) is 35.9. The molecule has 2 aromatic rings. The van der Waals surface area contributed by atoms with Crippen LogP contribution >= 0.6 is 0 Å². The number of azo groups is 2. The van der Waals surface area contributed by atoms with Crippen LogP contribution in [0.1, 0.15) is 25.0 Å². The van der Waals surface area contributed by atoms with Gasteiger partial charge in [0.1, 0.15) is 11.4 Å². The van der Waals surface area contributed by atoms with Gasteiger partial charge in [-0.05, 0) is 71.6 Å². The molecule has 2 atom stereocenters. The van der Waals surface area contributed by atoms with E-state index in [1.807, 2.05) is 13.8 Å². The second-order valence-corrected chi connectivity index (χ2v) is 14.6. The Bertz CT molecular complexity index is 2500. The number of aryl methyl sites for hydroxylation is 2. The van der Waals surface area contributed by atoms with E-state index in [1.165, 1.54) is 60.7 Å². The van der Waals surface area contributed by atoms with E-state index < -0.39 is 41.6 Å². The number of hydrogen-bond donors (Lipinski definition) is 2. The molecule has 4 aliphatic carbocycles. The monoisotopic (exact) mass is 938 g/mol. The van der Waals surface area contributed by atoms with Gasteiger partial charge in [-0.3, -0.25) is 38.2 Å². The minimum atomic E-state index is -4.40. The number of nitro groups is 2. The largest absolute Gasteiger partial charge is 2.00 e. The Morgan fingerprint density at radius 2 is 0.965 bits per heavy atom. The van der Waals surface area contributed by atoms with Crippen LogP contribution in [-0.4, -0.2) is 107 Å². The number of hydrogen-bond acceptors (Lipinski definition) is 14. The molecule has 4 aliphatic rings. The molecule has 0 bridgehead atoms. The summed E-state index contributed by atoms with van der Waals surface area (Å²) in [5, 5.41) is 38.4. The summed E-state index contributed by atoms with van der Waals surface area (Å²) < 4.78 is 63.5. The van der Waals surface area contributed by atoms with E-state index in [4.69, 9.17) is 9.11 Å². The first-order chi connectivity index (χ1) is 26.4. The van der Waals surface area contributed by atoms with Gasteiger partial charge in [0.05, 0.1) is 9.85 Å². The van der Waals surface area contributed by atoms with Gasteiger partial charge >= 0.3 is 48.9 Å². The van der Waals surface area contributed by atoms with Crippen molar-refractivity contribution >= 4 is 113 Å². The second kappa shape index (κ2) is 18.6. The van der Waals surface area contributed by atoms with Crippen LogP contribution in [0.2, 0.25) is 0 Å². The van der Waals surface area contributed by atoms with E-state index in [2.05, 4.69) is 20.5 Å². The fraction of sp³-hybridized carbons (Fsp3) is 0.111. The molecule has 21 heteroatoms. The number of allylic oxidation sites excluding steroid dienone is 14. The van der Waals surface area contributed by atoms with E-state index >= 15 is 0 Å². The molecule has 0 spiro atoms. The number of nitrogens with zero attached hydrogens (tertiary/aromatic N) is 6. The van der Waals surface area contributed by atoms with Crippen LogP contribution in [0.15, 0.2) is 151 Å². The number of carbonyl (C=O) groups excluding carboxylic acids is 2. The molecule has 2 N–H and O–H groups in total. The number of ketones is 2. The van der Waals surface area contributed by atoms with E-state index in [0.717, 1.165) is 12.2 Å². The molecule has 6 rings (SSSR count). The minimum Gasteiger partial charge on any atom is -0.757 e. The summed E-state index contributed by atoms with van der Waals surface area (Å²) in [6.07, 6.45) is 13.5. The molecule has 0 saturated carbocycles. The molecule has 18 nitrogen and oxygen atoms in total. The SMILES string of the molecule is CCc1cccc([N+](=O)[O-])c1N=NC1=C2C=CC(=S(=O)([O-])O)C=C2C=CC1=O.CCc1cccc([N+](=O)[O-])c1N=NC1=C2C=CC(=S(=O)([O-])O)C=C2C=CC1=O.[Ba+2]. The molecule has 0 amide bonds. The van der Waals surface area contributed by atoms with Crippen molar-refractivity contribution in [1.82, 2.24) is 0 Å². The average Bonchev–Trinajstić information content (AvgIpc) is 3.15. The molecule has 57 heavy (non-hydrogen) atoms. The Hall–Kier alpha value is -4.85. The van der Waals surface area contributed by atoms with Crippen molar-refractivity contribution < 1.29 is 46.1 Å². The molecule has 0 aromatic heterocycles. The van der Waals surface area contributed by atoms with Gasteiger partial charge in [0.2, 0.25) is 11.6 Å². The van der Waals surface area contributed by atoms with Gasteiger partial charge in [0, 0.05) is 53.2 Å². The van der Waals surface area contributed by atoms with E-state index in [-0.39, 0.29) is 92.8 Å². The number of nitro benzene ring substituents is 2. The van der Waals surface area contributed by atoms with Crippen molar-refractivity contribution in [3.05, 3.63) is 162 Å². The van der Waals surface area contributed by atoms with Gasteiger partial charge in [-0.2, -0.15) is 0 Å². The summed E-state index contributed by atoms with van der Waals surface area (Å²) in [6, 6.07) is 9.05. The first-order valence-corrected chi connectivity index (χ1v) is 19.1. The normalized spacial score (nSPS) is 18.0. The molecule has 2 aromatic carbocycles. The Balaban J connectivity index is 0.000000248. The number of rotatable bonds is 8. The summed E-state index contributed by atoms with van der Waals surface area (Å²) in [6.45, 7) is 3.62. The molecule has 0 aliphatic heterocycles. The van der Waals surface area contributed by atoms with Gasteiger partial charge in [0.15, 0.2) is 11.4 Å². The summed E-state index contributed by atoms with van der Waals surface area (Å²) in [5.41, 5.74) is 1.98. The first kappa shape index (κ1) is 44.9. The zero-order chi connectivity index (χ0) is 40.9. The standard InChI is InChI=1S/2C18H15N3O6S.Ba/c2*1-2-11-4-3-5-15(21(23)24)17(11)19-20-18-14-8-7-13(28(25,26)27)10-12(14)6-9-16(18)22;/h2*3-10H,2H2,1H3,(H2,25,26,27);/q;;+2/p-2. The fourth-order valence-corrected chi connectivity index (χ4v) is 6.55. The van der Waals surface area contributed by atoms with Crippen LogP contribution < -0.4 is 0 Å². The number of benzene rings is 2. The Labute approximate surface area is 365 Å². The van der Waals surface area contributed by atoms with Crippen LogP contribution in [0.25, 0.3) is 0 Å². The maximum absolute atomic E-state index is 12.3. The Kier molecular flexibility index (Phi) is 14.6. The molecular formula is C36H28BaN6O12S2. The van der Waals surface area contributed by atoms with Crippen molar-refractivity contribution in [3.63, 3.8) is 0 Å². The molecule has 0 heterocycles. The predicted molar refractivity (Wildman–Crippen MR) is 210 cm³/mol. The second-order valence-electron chi connectivity index (χ2n) is 11.7. The zero-order valence-electron chi connectivity index (χ0n) is 29.8. The van der Waals surface area contributed by atoms with E-state index in [1.54, 1.807) is 24.3 Å². The maximum Gasteiger partial charge on any atom is 2.00 e. The topological polar surface area (TPSA) is 291 Å². The summed E-state index contributed by atoms with van der Waals surface area (Å²) in [4.78, 5) is 45.3. The van der Waals surface area contributed by atoms with Crippen molar-refractivity contribution in [3.8, 4) is 0 Å². The summed E-state index contributed by atoms with van der Waals surface area (Å²) in [7, 11) is -8.81. The van der Waals surface area contributed by atoms with Crippen molar-refractivity contribution in [2.75, 3.05) is 0 Å². The Morgan fingerprint density at radius 3 is 1.28 bits per heavy atom. The third kappa shape index (κ3) is 10.4. The molecule has 2 unspecified atom stereocenters. The molecule has 0 fully saturated rings.